The molecule has 0 aromatic heterocycles. The highest BCUT2D eigenvalue weighted by molar-refractivity contribution is 5.47. The van der Waals surface area contributed by atoms with Crippen LogP contribution in [0.4, 0.5) is 0 Å². The molecule has 19 heavy (non-hydrogen) atoms. The highest BCUT2D eigenvalue weighted by Crippen LogP contribution is 2.35. The fraction of sp³-hybridized carbons (Fsp3) is 0.600. The van der Waals surface area contributed by atoms with E-state index >= 15 is 0 Å². The average molecular weight is 265 g/mol. The summed E-state index contributed by atoms with van der Waals surface area (Å²) in [6, 6.07) is 5.79. The number of hydrogen-bond donors (Lipinski definition) is 1. The molecule has 106 valence electrons. The summed E-state index contributed by atoms with van der Waals surface area (Å²) in [5, 5.41) is 0. The summed E-state index contributed by atoms with van der Waals surface area (Å²) in [5.74, 6) is 1.47. The molecule has 0 aliphatic carbocycles. The highest BCUT2D eigenvalue weighted by atomic mass is 16.5. The molecular weight excluding hydrogens is 242 g/mol. The second-order valence-corrected chi connectivity index (χ2v) is 4.90. The molecule has 2 atom stereocenters. The van der Waals surface area contributed by atoms with E-state index in [0.717, 1.165) is 42.9 Å². The van der Waals surface area contributed by atoms with Gasteiger partial charge in [0.1, 0.15) is 0 Å². The van der Waals surface area contributed by atoms with Gasteiger partial charge in [-0.25, -0.2) is 0 Å². The molecule has 4 nitrogen and oxygen atoms in total. The Kier molecular flexibility index (Phi) is 5.05. The molecule has 4 heteroatoms. The van der Waals surface area contributed by atoms with Gasteiger partial charge in [0.15, 0.2) is 11.5 Å². The third-order valence-electron chi connectivity index (χ3n) is 3.66. The quantitative estimate of drug-likeness (QED) is 0.859. The standard InChI is InChI=1S/C15H23NO3/c1-17-14-7-3-6-12(15(14)18-2)13(16)9-8-11-5-4-10-19-11/h3,6-7,11,13H,4-5,8-10,16H2,1-2H3. The normalized spacial score (nSPS) is 20.3. The van der Waals surface area contributed by atoms with Gasteiger partial charge in [-0.2, -0.15) is 0 Å². The van der Waals surface area contributed by atoms with Crippen LogP contribution in [0.15, 0.2) is 18.2 Å². The molecule has 1 aliphatic heterocycles. The van der Waals surface area contributed by atoms with E-state index in [0.29, 0.717) is 6.10 Å². The first-order valence-electron chi connectivity index (χ1n) is 6.84. The van der Waals surface area contributed by atoms with Crippen molar-refractivity contribution in [3.8, 4) is 11.5 Å². The summed E-state index contributed by atoms with van der Waals surface area (Å²) in [7, 11) is 3.29. The van der Waals surface area contributed by atoms with Gasteiger partial charge in [0.25, 0.3) is 0 Å². The fourth-order valence-corrected chi connectivity index (χ4v) is 2.60. The summed E-state index contributed by atoms with van der Waals surface area (Å²) < 4.78 is 16.4. The van der Waals surface area contributed by atoms with Crippen LogP contribution in [0.3, 0.4) is 0 Å². The minimum atomic E-state index is -0.0470. The molecule has 0 bridgehead atoms. The zero-order valence-electron chi connectivity index (χ0n) is 11.7. The first-order chi connectivity index (χ1) is 9.26. The largest absolute Gasteiger partial charge is 0.493 e. The Hall–Kier alpha value is -1.26. The predicted octanol–water partition coefficient (Wildman–Crippen LogP) is 2.66. The van der Waals surface area contributed by atoms with E-state index in [2.05, 4.69) is 0 Å². The van der Waals surface area contributed by atoms with Crippen LogP contribution in [0.2, 0.25) is 0 Å². The minimum absolute atomic E-state index is 0.0470. The fourth-order valence-electron chi connectivity index (χ4n) is 2.60. The van der Waals surface area contributed by atoms with Gasteiger partial charge in [-0.15, -0.1) is 0 Å². The third-order valence-corrected chi connectivity index (χ3v) is 3.66. The second-order valence-electron chi connectivity index (χ2n) is 4.90. The zero-order chi connectivity index (χ0) is 13.7. The molecule has 0 radical (unpaired) electrons. The van der Waals surface area contributed by atoms with Gasteiger partial charge < -0.3 is 19.9 Å². The Morgan fingerprint density at radius 3 is 2.84 bits per heavy atom. The lowest BCUT2D eigenvalue weighted by Gasteiger charge is -2.19. The molecule has 1 aromatic carbocycles. The molecule has 1 saturated heterocycles. The molecule has 1 aliphatic rings. The maximum atomic E-state index is 6.28. The molecule has 1 heterocycles. The van der Waals surface area contributed by atoms with E-state index in [1.54, 1.807) is 14.2 Å². The van der Waals surface area contributed by atoms with Crippen LogP contribution in [0.25, 0.3) is 0 Å². The smallest absolute Gasteiger partial charge is 0.165 e. The molecule has 1 fully saturated rings. The van der Waals surface area contributed by atoms with Gasteiger partial charge >= 0.3 is 0 Å². The molecule has 2 unspecified atom stereocenters. The number of methoxy groups -OCH3 is 2. The lowest BCUT2D eigenvalue weighted by atomic mass is 9.99. The van der Waals surface area contributed by atoms with Crippen LogP contribution in [0.1, 0.15) is 37.3 Å². The minimum Gasteiger partial charge on any atom is -0.493 e. The topological polar surface area (TPSA) is 53.7 Å². The SMILES string of the molecule is COc1cccc(C(N)CCC2CCCO2)c1OC. The second kappa shape index (κ2) is 6.78. The summed E-state index contributed by atoms with van der Waals surface area (Å²) in [6.07, 6.45) is 4.60. The van der Waals surface area contributed by atoms with E-state index in [9.17, 15) is 0 Å². The number of rotatable bonds is 6. The Labute approximate surface area is 114 Å². The summed E-state index contributed by atoms with van der Waals surface area (Å²) in [4.78, 5) is 0. The number of para-hydroxylation sites is 1. The maximum absolute atomic E-state index is 6.28. The Bertz CT molecular complexity index is 402. The molecular formula is C15H23NO3. The summed E-state index contributed by atoms with van der Waals surface area (Å²) in [5.41, 5.74) is 7.28. The van der Waals surface area contributed by atoms with Crippen molar-refractivity contribution in [3.63, 3.8) is 0 Å². The van der Waals surface area contributed by atoms with Crippen LogP contribution < -0.4 is 15.2 Å². The maximum Gasteiger partial charge on any atom is 0.165 e. The molecule has 0 saturated carbocycles. The van der Waals surface area contributed by atoms with Gasteiger partial charge in [0.05, 0.1) is 20.3 Å². The van der Waals surface area contributed by atoms with E-state index < -0.39 is 0 Å². The number of ether oxygens (including phenoxy) is 3. The molecule has 0 amide bonds. The van der Waals surface area contributed by atoms with Gasteiger partial charge in [0, 0.05) is 18.2 Å². The molecule has 2 rings (SSSR count). The summed E-state index contributed by atoms with van der Waals surface area (Å²) in [6.45, 7) is 0.891. The Balaban J connectivity index is 2.02. The number of benzene rings is 1. The Morgan fingerprint density at radius 1 is 1.37 bits per heavy atom. The lowest BCUT2D eigenvalue weighted by molar-refractivity contribution is 0.101. The van der Waals surface area contributed by atoms with Crippen molar-refractivity contribution in [2.45, 2.75) is 37.8 Å². The first kappa shape index (κ1) is 14.2. The van der Waals surface area contributed by atoms with Gasteiger partial charge in [-0.1, -0.05) is 12.1 Å². The van der Waals surface area contributed by atoms with Crippen LogP contribution in [0, 0.1) is 0 Å². The predicted molar refractivity (Wildman–Crippen MR) is 74.7 cm³/mol. The van der Waals surface area contributed by atoms with E-state index in [1.165, 1.54) is 6.42 Å². The highest BCUT2D eigenvalue weighted by Gasteiger charge is 2.20. The molecule has 1 aromatic rings. The van der Waals surface area contributed by atoms with Crippen LogP contribution in [-0.4, -0.2) is 26.9 Å². The monoisotopic (exact) mass is 265 g/mol. The van der Waals surface area contributed by atoms with Crippen molar-refractivity contribution < 1.29 is 14.2 Å². The van der Waals surface area contributed by atoms with E-state index in [1.807, 2.05) is 18.2 Å². The van der Waals surface area contributed by atoms with Gasteiger partial charge in [0.2, 0.25) is 0 Å². The number of hydrogen-bond acceptors (Lipinski definition) is 4. The number of nitrogens with two attached hydrogens (primary N) is 1. The van der Waals surface area contributed by atoms with Crippen molar-refractivity contribution in [3.05, 3.63) is 23.8 Å². The van der Waals surface area contributed by atoms with Crippen LogP contribution in [0.5, 0.6) is 11.5 Å². The van der Waals surface area contributed by atoms with Crippen molar-refractivity contribution in [2.24, 2.45) is 5.73 Å². The first-order valence-corrected chi connectivity index (χ1v) is 6.84. The van der Waals surface area contributed by atoms with Crippen molar-refractivity contribution in [1.82, 2.24) is 0 Å². The Morgan fingerprint density at radius 2 is 2.21 bits per heavy atom. The lowest BCUT2D eigenvalue weighted by Crippen LogP contribution is -2.15. The van der Waals surface area contributed by atoms with E-state index in [-0.39, 0.29) is 6.04 Å². The molecule has 0 spiro atoms. The average Bonchev–Trinajstić information content (AvgIpc) is 2.97. The van der Waals surface area contributed by atoms with Gasteiger partial charge in [-0.3, -0.25) is 0 Å². The van der Waals surface area contributed by atoms with E-state index in [4.69, 9.17) is 19.9 Å². The van der Waals surface area contributed by atoms with Crippen molar-refractivity contribution in [1.29, 1.82) is 0 Å². The van der Waals surface area contributed by atoms with Crippen molar-refractivity contribution in [2.75, 3.05) is 20.8 Å². The molecule has 2 N–H and O–H groups in total. The summed E-state index contributed by atoms with van der Waals surface area (Å²) >= 11 is 0. The van der Waals surface area contributed by atoms with Crippen LogP contribution in [-0.2, 0) is 4.74 Å². The third kappa shape index (κ3) is 3.39. The van der Waals surface area contributed by atoms with Crippen LogP contribution >= 0.6 is 0 Å². The zero-order valence-corrected chi connectivity index (χ0v) is 11.7. The van der Waals surface area contributed by atoms with Crippen molar-refractivity contribution >= 4 is 0 Å². The van der Waals surface area contributed by atoms with Gasteiger partial charge in [-0.05, 0) is 31.7 Å².